The van der Waals surface area contributed by atoms with E-state index in [0.29, 0.717) is 5.39 Å². The molecule has 4 nitrogen and oxygen atoms in total. The standard InChI is InChI=1S/C18H19N3O/c1-12-6-7-16-17(14(12)3)20-11-21(18(16)22)13(2)9-15-5-4-8-19-10-15/h4-8,10-11,13H,9H2,1-3H3/t13-/m0/s1. The van der Waals surface area contributed by atoms with Crippen molar-refractivity contribution in [3.05, 3.63) is 70.0 Å². The topological polar surface area (TPSA) is 47.8 Å². The third-order valence-electron chi connectivity index (χ3n) is 4.21. The van der Waals surface area contributed by atoms with Crippen LogP contribution in [0.4, 0.5) is 0 Å². The van der Waals surface area contributed by atoms with Crippen molar-refractivity contribution in [3.63, 3.8) is 0 Å². The average molecular weight is 293 g/mol. The molecule has 1 atom stereocenters. The molecule has 2 heterocycles. The van der Waals surface area contributed by atoms with Crippen molar-refractivity contribution in [2.24, 2.45) is 0 Å². The zero-order chi connectivity index (χ0) is 15.7. The quantitative estimate of drug-likeness (QED) is 0.745. The molecule has 0 aliphatic heterocycles. The number of hydrogen-bond donors (Lipinski definition) is 0. The molecule has 0 aliphatic rings. The van der Waals surface area contributed by atoms with E-state index in [4.69, 9.17) is 0 Å². The second kappa shape index (κ2) is 5.72. The Balaban J connectivity index is 2.03. The lowest BCUT2D eigenvalue weighted by Crippen LogP contribution is -2.25. The summed E-state index contributed by atoms with van der Waals surface area (Å²) >= 11 is 0. The molecule has 1 aromatic carbocycles. The maximum atomic E-state index is 12.7. The lowest BCUT2D eigenvalue weighted by Gasteiger charge is -2.16. The summed E-state index contributed by atoms with van der Waals surface area (Å²) in [5.74, 6) is 0. The molecule has 0 fully saturated rings. The van der Waals surface area contributed by atoms with Gasteiger partial charge in [0.15, 0.2) is 0 Å². The van der Waals surface area contributed by atoms with Crippen molar-refractivity contribution in [3.8, 4) is 0 Å². The van der Waals surface area contributed by atoms with Gasteiger partial charge in [0, 0.05) is 18.4 Å². The van der Waals surface area contributed by atoms with Crippen LogP contribution in [0.3, 0.4) is 0 Å². The fourth-order valence-corrected chi connectivity index (χ4v) is 2.72. The summed E-state index contributed by atoms with van der Waals surface area (Å²) in [6.07, 6.45) is 6.01. The van der Waals surface area contributed by atoms with Gasteiger partial charge in [-0.05, 0) is 56.0 Å². The van der Waals surface area contributed by atoms with Gasteiger partial charge in [0.2, 0.25) is 0 Å². The van der Waals surface area contributed by atoms with Gasteiger partial charge < -0.3 is 0 Å². The number of aryl methyl sites for hydroxylation is 2. The first-order valence-corrected chi connectivity index (χ1v) is 7.44. The summed E-state index contributed by atoms with van der Waals surface area (Å²) < 4.78 is 1.71. The van der Waals surface area contributed by atoms with E-state index in [-0.39, 0.29) is 11.6 Å². The van der Waals surface area contributed by atoms with Crippen LogP contribution in [0.2, 0.25) is 0 Å². The first-order valence-electron chi connectivity index (χ1n) is 7.44. The molecular weight excluding hydrogens is 274 g/mol. The second-order valence-electron chi connectivity index (χ2n) is 5.78. The third-order valence-corrected chi connectivity index (χ3v) is 4.21. The summed E-state index contributed by atoms with van der Waals surface area (Å²) in [6, 6.07) is 7.83. The summed E-state index contributed by atoms with van der Waals surface area (Å²) in [5.41, 5.74) is 4.16. The fourth-order valence-electron chi connectivity index (χ4n) is 2.72. The monoisotopic (exact) mass is 293 g/mol. The van der Waals surface area contributed by atoms with Gasteiger partial charge in [0.05, 0.1) is 17.2 Å². The molecule has 0 unspecified atom stereocenters. The molecule has 0 saturated carbocycles. The zero-order valence-corrected chi connectivity index (χ0v) is 13.1. The van der Waals surface area contributed by atoms with Gasteiger partial charge in [-0.15, -0.1) is 0 Å². The van der Waals surface area contributed by atoms with Crippen LogP contribution in [0.15, 0.2) is 47.8 Å². The summed E-state index contributed by atoms with van der Waals surface area (Å²) in [5, 5.41) is 0.684. The highest BCUT2D eigenvalue weighted by atomic mass is 16.1. The first kappa shape index (κ1) is 14.4. The molecule has 112 valence electrons. The predicted molar refractivity (Wildman–Crippen MR) is 88.1 cm³/mol. The fraction of sp³-hybridized carbons (Fsp3) is 0.278. The largest absolute Gasteiger partial charge is 0.296 e. The van der Waals surface area contributed by atoms with E-state index >= 15 is 0 Å². The van der Waals surface area contributed by atoms with Gasteiger partial charge in [-0.25, -0.2) is 4.98 Å². The molecule has 0 radical (unpaired) electrons. The second-order valence-corrected chi connectivity index (χ2v) is 5.78. The Bertz CT molecular complexity index is 869. The lowest BCUT2D eigenvalue weighted by molar-refractivity contribution is 0.522. The molecule has 4 heteroatoms. The molecule has 22 heavy (non-hydrogen) atoms. The molecule has 3 rings (SSSR count). The molecule has 0 N–H and O–H groups in total. The van der Waals surface area contributed by atoms with Gasteiger partial charge in [-0.1, -0.05) is 12.1 Å². The Morgan fingerprint density at radius 3 is 2.77 bits per heavy atom. The van der Waals surface area contributed by atoms with Crippen molar-refractivity contribution >= 4 is 10.9 Å². The van der Waals surface area contributed by atoms with E-state index in [0.717, 1.165) is 28.6 Å². The van der Waals surface area contributed by atoms with Crippen molar-refractivity contribution in [2.75, 3.05) is 0 Å². The van der Waals surface area contributed by atoms with E-state index < -0.39 is 0 Å². The molecule has 3 aromatic rings. The van der Waals surface area contributed by atoms with Crippen LogP contribution in [-0.4, -0.2) is 14.5 Å². The molecule has 0 aliphatic carbocycles. The van der Waals surface area contributed by atoms with Gasteiger partial charge in [-0.2, -0.15) is 0 Å². The van der Waals surface area contributed by atoms with Crippen molar-refractivity contribution < 1.29 is 0 Å². The van der Waals surface area contributed by atoms with Crippen LogP contribution in [0.5, 0.6) is 0 Å². The Hall–Kier alpha value is -2.49. The number of hydrogen-bond acceptors (Lipinski definition) is 3. The smallest absolute Gasteiger partial charge is 0.261 e. The number of benzene rings is 1. The zero-order valence-electron chi connectivity index (χ0n) is 13.1. The summed E-state index contributed by atoms with van der Waals surface area (Å²) in [6.45, 7) is 6.07. The first-order chi connectivity index (χ1) is 10.6. The van der Waals surface area contributed by atoms with Gasteiger partial charge in [-0.3, -0.25) is 14.3 Å². The van der Waals surface area contributed by atoms with Crippen LogP contribution >= 0.6 is 0 Å². The highest BCUT2D eigenvalue weighted by Crippen LogP contribution is 2.18. The highest BCUT2D eigenvalue weighted by molar-refractivity contribution is 5.81. The summed E-state index contributed by atoms with van der Waals surface area (Å²) in [4.78, 5) is 21.4. The third kappa shape index (κ3) is 2.52. The summed E-state index contributed by atoms with van der Waals surface area (Å²) in [7, 11) is 0. The number of rotatable bonds is 3. The molecule has 0 saturated heterocycles. The number of pyridine rings is 1. The minimum Gasteiger partial charge on any atom is -0.296 e. The minimum absolute atomic E-state index is 0.0180. The van der Waals surface area contributed by atoms with Crippen LogP contribution in [0.1, 0.15) is 29.7 Å². The highest BCUT2D eigenvalue weighted by Gasteiger charge is 2.12. The van der Waals surface area contributed by atoms with Gasteiger partial charge >= 0.3 is 0 Å². The van der Waals surface area contributed by atoms with Gasteiger partial charge in [0.25, 0.3) is 5.56 Å². The Kier molecular flexibility index (Phi) is 3.75. The minimum atomic E-state index is 0.0180. The normalized spacial score (nSPS) is 12.5. The molecule has 2 aromatic heterocycles. The molecule has 0 amide bonds. The van der Waals surface area contributed by atoms with Gasteiger partial charge in [0.1, 0.15) is 0 Å². The Morgan fingerprint density at radius 1 is 1.23 bits per heavy atom. The molecule has 0 bridgehead atoms. The predicted octanol–water partition coefficient (Wildman–Crippen LogP) is 3.21. The average Bonchev–Trinajstić information content (AvgIpc) is 2.52. The SMILES string of the molecule is Cc1ccc2c(=O)n([C@@H](C)Cc3cccnc3)cnc2c1C. The van der Waals surface area contributed by atoms with Crippen LogP contribution in [-0.2, 0) is 6.42 Å². The number of fused-ring (bicyclic) bond motifs is 1. The van der Waals surface area contributed by atoms with E-state index in [1.165, 1.54) is 0 Å². The van der Waals surface area contributed by atoms with E-state index in [1.54, 1.807) is 17.1 Å². The van der Waals surface area contributed by atoms with Crippen molar-refractivity contribution in [1.29, 1.82) is 0 Å². The Morgan fingerprint density at radius 2 is 2.05 bits per heavy atom. The maximum absolute atomic E-state index is 12.7. The van der Waals surface area contributed by atoms with Crippen molar-refractivity contribution in [2.45, 2.75) is 33.2 Å². The van der Waals surface area contributed by atoms with E-state index in [9.17, 15) is 4.79 Å². The molecule has 0 spiro atoms. The van der Waals surface area contributed by atoms with E-state index in [2.05, 4.69) is 9.97 Å². The molecular formula is C18H19N3O. The van der Waals surface area contributed by atoms with Crippen molar-refractivity contribution in [1.82, 2.24) is 14.5 Å². The van der Waals surface area contributed by atoms with Crippen LogP contribution in [0, 0.1) is 13.8 Å². The lowest BCUT2D eigenvalue weighted by atomic mass is 10.1. The maximum Gasteiger partial charge on any atom is 0.261 e. The van der Waals surface area contributed by atoms with E-state index in [1.807, 2.05) is 51.2 Å². The van der Waals surface area contributed by atoms with Crippen LogP contribution < -0.4 is 5.56 Å². The Labute approximate surface area is 129 Å². The number of nitrogens with zero attached hydrogens (tertiary/aromatic N) is 3. The number of aromatic nitrogens is 3. The van der Waals surface area contributed by atoms with Crippen LogP contribution in [0.25, 0.3) is 10.9 Å².